The molecule has 17 heavy (non-hydrogen) atoms. The first-order valence-electron chi connectivity index (χ1n) is 5.37. The predicted molar refractivity (Wildman–Crippen MR) is 69.3 cm³/mol. The van der Waals surface area contributed by atoms with Gasteiger partial charge in [0.05, 0.1) is 6.04 Å². The van der Waals surface area contributed by atoms with Gasteiger partial charge >= 0.3 is 0 Å². The van der Waals surface area contributed by atoms with Gasteiger partial charge in [0.2, 0.25) is 0 Å². The number of aliphatic hydroxyl groups is 1. The van der Waals surface area contributed by atoms with Crippen LogP contribution in [0.2, 0.25) is 5.02 Å². The fraction of sp³-hybridized carbons (Fsp3) is 0.385. The van der Waals surface area contributed by atoms with Crippen molar-refractivity contribution in [3.63, 3.8) is 0 Å². The number of terminal acetylenes is 1. The van der Waals surface area contributed by atoms with E-state index < -0.39 is 6.10 Å². The number of ether oxygens (including phenoxy) is 1. The number of nitrogens with one attached hydrogen (secondary N) is 1. The maximum absolute atomic E-state index is 9.64. The number of rotatable bonds is 6. The quantitative estimate of drug-likeness (QED) is 0.759. The molecule has 0 saturated heterocycles. The first kappa shape index (κ1) is 13.9. The van der Waals surface area contributed by atoms with Crippen LogP contribution in [0.1, 0.15) is 6.92 Å². The third-order valence-electron chi connectivity index (χ3n) is 2.15. The van der Waals surface area contributed by atoms with Gasteiger partial charge < -0.3 is 15.2 Å². The second kappa shape index (κ2) is 7.18. The van der Waals surface area contributed by atoms with Crippen LogP contribution in [0, 0.1) is 12.3 Å². The van der Waals surface area contributed by atoms with Crippen LogP contribution in [-0.4, -0.2) is 30.4 Å². The van der Waals surface area contributed by atoms with Crippen LogP contribution in [0.3, 0.4) is 0 Å². The van der Waals surface area contributed by atoms with Crippen LogP contribution in [0.4, 0.5) is 0 Å². The highest BCUT2D eigenvalue weighted by Crippen LogP contribution is 2.17. The standard InChI is InChI=1S/C13H16ClNO2/c1-3-10(2)15-8-12(16)9-17-13-6-4-5-11(14)7-13/h1,4-7,10,12,15-16H,8-9H2,2H3. The number of hydrogen-bond donors (Lipinski definition) is 2. The van der Waals surface area contributed by atoms with Crippen molar-refractivity contribution in [1.29, 1.82) is 0 Å². The maximum Gasteiger partial charge on any atom is 0.120 e. The predicted octanol–water partition coefficient (Wildman–Crippen LogP) is 1.69. The van der Waals surface area contributed by atoms with Crippen LogP contribution in [0.5, 0.6) is 5.75 Å². The largest absolute Gasteiger partial charge is 0.491 e. The second-order valence-electron chi connectivity index (χ2n) is 3.72. The van der Waals surface area contributed by atoms with Crippen molar-refractivity contribution in [2.45, 2.75) is 19.1 Å². The molecule has 3 nitrogen and oxygen atoms in total. The van der Waals surface area contributed by atoms with Crippen molar-refractivity contribution in [3.05, 3.63) is 29.3 Å². The lowest BCUT2D eigenvalue weighted by atomic mass is 10.3. The van der Waals surface area contributed by atoms with Gasteiger partial charge in [0.1, 0.15) is 18.5 Å². The Labute approximate surface area is 107 Å². The van der Waals surface area contributed by atoms with Crippen molar-refractivity contribution < 1.29 is 9.84 Å². The van der Waals surface area contributed by atoms with Crippen LogP contribution >= 0.6 is 11.6 Å². The van der Waals surface area contributed by atoms with E-state index in [1.165, 1.54) is 0 Å². The minimum atomic E-state index is -0.607. The van der Waals surface area contributed by atoms with E-state index in [-0.39, 0.29) is 12.6 Å². The monoisotopic (exact) mass is 253 g/mol. The number of halogens is 1. The maximum atomic E-state index is 9.64. The SMILES string of the molecule is C#CC(C)NCC(O)COc1cccc(Cl)c1. The lowest BCUT2D eigenvalue weighted by Crippen LogP contribution is -2.35. The molecule has 92 valence electrons. The molecule has 2 N–H and O–H groups in total. The molecular formula is C13H16ClNO2. The highest BCUT2D eigenvalue weighted by Gasteiger charge is 2.06. The third kappa shape index (κ3) is 5.60. The first-order valence-corrected chi connectivity index (χ1v) is 5.75. The summed E-state index contributed by atoms with van der Waals surface area (Å²) in [5.74, 6) is 3.16. The van der Waals surface area contributed by atoms with Crippen molar-refractivity contribution in [2.24, 2.45) is 0 Å². The Kier molecular flexibility index (Phi) is 5.85. The van der Waals surface area contributed by atoms with Crippen LogP contribution in [0.15, 0.2) is 24.3 Å². The smallest absolute Gasteiger partial charge is 0.120 e. The molecule has 1 aromatic rings. The highest BCUT2D eigenvalue weighted by atomic mass is 35.5. The molecule has 0 aliphatic carbocycles. The van der Waals surface area contributed by atoms with Gasteiger partial charge in [-0.05, 0) is 25.1 Å². The van der Waals surface area contributed by atoms with Crippen molar-refractivity contribution in [1.82, 2.24) is 5.32 Å². The average molecular weight is 254 g/mol. The van der Waals surface area contributed by atoms with Gasteiger partial charge in [-0.2, -0.15) is 0 Å². The number of aliphatic hydroxyl groups excluding tert-OH is 1. The topological polar surface area (TPSA) is 41.5 Å². The van der Waals surface area contributed by atoms with Crippen molar-refractivity contribution >= 4 is 11.6 Å². The molecule has 4 heteroatoms. The summed E-state index contributed by atoms with van der Waals surface area (Å²) < 4.78 is 5.39. The van der Waals surface area contributed by atoms with E-state index in [2.05, 4.69) is 11.2 Å². The zero-order chi connectivity index (χ0) is 12.7. The van der Waals surface area contributed by atoms with E-state index in [0.29, 0.717) is 17.3 Å². The molecule has 0 saturated carbocycles. The fourth-order valence-electron chi connectivity index (χ4n) is 1.18. The van der Waals surface area contributed by atoms with Gasteiger partial charge in [-0.25, -0.2) is 0 Å². The average Bonchev–Trinajstić information content (AvgIpc) is 2.33. The zero-order valence-corrected chi connectivity index (χ0v) is 10.4. The van der Waals surface area contributed by atoms with Crippen molar-refractivity contribution in [2.75, 3.05) is 13.2 Å². The van der Waals surface area contributed by atoms with Gasteiger partial charge in [0.15, 0.2) is 0 Å². The Morgan fingerprint density at radius 1 is 1.59 bits per heavy atom. The minimum absolute atomic E-state index is 0.0594. The van der Waals surface area contributed by atoms with Gasteiger partial charge in [0, 0.05) is 11.6 Å². The molecule has 0 aliphatic heterocycles. The van der Waals surface area contributed by atoms with Gasteiger partial charge in [-0.15, -0.1) is 6.42 Å². The molecule has 1 rings (SSSR count). The van der Waals surface area contributed by atoms with Gasteiger partial charge in [0.25, 0.3) is 0 Å². The fourth-order valence-corrected chi connectivity index (χ4v) is 1.36. The van der Waals surface area contributed by atoms with Crippen LogP contribution < -0.4 is 10.1 Å². The van der Waals surface area contributed by atoms with Gasteiger partial charge in [-0.3, -0.25) is 0 Å². The van der Waals surface area contributed by atoms with E-state index in [9.17, 15) is 5.11 Å². The Morgan fingerprint density at radius 2 is 2.35 bits per heavy atom. The van der Waals surface area contributed by atoms with E-state index in [4.69, 9.17) is 22.8 Å². The van der Waals surface area contributed by atoms with Crippen molar-refractivity contribution in [3.8, 4) is 18.1 Å². The van der Waals surface area contributed by atoms with E-state index in [1.54, 1.807) is 24.3 Å². The summed E-state index contributed by atoms with van der Waals surface area (Å²) in [5, 5.41) is 13.2. The zero-order valence-electron chi connectivity index (χ0n) is 9.69. The van der Waals surface area contributed by atoms with Crippen LogP contribution in [-0.2, 0) is 0 Å². The Hall–Kier alpha value is -1.21. The lowest BCUT2D eigenvalue weighted by Gasteiger charge is -2.14. The molecule has 1 aromatic carbocycles. The molecule has 2 atom stereocenters. The van der Waals surface area contributed by atoms with E-state index in [0.717, 1.165) is 0 Å². The molecule has 0 radical (unpaired) electrons. The van der Waals surface area contributed by atoms with E-state index >= 15 is 0 Å². The highest BCUT2D eigenvalue weighted by molar-refractivity contribution is 6.30. The third-order valence-corrected chi connectivity index (χ3v) is 2.38. The summed E-state index contributed by atoms with van der Waals surface area (Å²) in [5.41, 5.74) is 0. The second-order valence-corrected chi connectivity index (χ2v) is 4.16. The summed E-state index contributed by atoms with van der Waals surface area (Å²) in [4.78, 5) is 0. The van der Waals surface area contributed by atoms with Gasteiger partial charge in [-0.1, -0.05) is 23.6 Å². The molecule has 0 bridgehead atoms. The Bertz CT molecular complexity index is 389. The molecular weight excluding hydrogens is 238 g/mol. The molecule has 0 aliphatic rings. The molecule has 0 spiro atoms. The summed E-state index contributed by atoms with van der Waals surface area (Å²) in [6, 6.07) is 6.99. The molecule has 0 aromatic heterocycles. The molecule has 0 amide bonds. The molecule has 0 heterocycles. The van der Waals surface area contributed by atoms with Crippen LogP contribution in [0.25, 0.3) is 0 Å². The summed E-state index contributed by atoms with van der Waals surface area (Å²) in [6.07, 6.45) is 4.59. The summed E-state index contributed by atoms with van der Waals surface area (Å²) in [6.45, 7) is 2.45. The lowest BCUT2D eigenvalue weighted by molar-refractivity contribution is 0.105. The number of benzene rings is 1. The summed E-state index contributed by atoms with van der Waals surface area (Å²) >= 11 is 5.80. The first-order chi connectivity index (χ1) is 8.11. The molecule has 2 unspecified atom stereocenters. The Balaban J connectivity index is 2.29. The minimum Gasteiger partial charge on any atom is -0.491 e. The Morgan fingerprint density at radius 3 is 3.00 bits per heavy atom. The van der Waals surface area contributed by atoms with E-state index in [1.807, 2.05) is 6.92 Å². The molecule has 0 fully saturated rings. The normalized spacial score (nSPS) is 13.8. The number of hydrogen-bond acceptors (Lipinski definition) is 3. The summed E-state index contributed by atoms with van der Waals surface area (Å²) in [7, 11) is 0.